The third-order valence-electron chi connectivity index (χ3n) is 5.72. The Bertz CT molecular complexity index is 1270. The summed E-state index contributed by atoms with van der Waals surface area (Å²) in [6, 6.07) is 4.74. The summed E-state index contributed by atoms with van der Waals surface area (Å²) in [7, 11) is 1.57. The number of fused-ring (bicyclic) bond motifs is 1. The SMILES string of the molecule is Cc1nc(N[C@H](C)c2cccc(C(F)F)c2F)c2cc(N3CCCN(C)C(=O)C3=O)ncc2n1. The van der Waals surface area contributed by atoms with Crippen molar-refractivity contribution in [3.05, 3.63) is 53.2 Å². The van der Waals surface area contributed by atoms with Crippen molar-refractivity contribution in [3.63, 3.8) is 0 Å². The van der Waals surface area contributed by atoms with Crippen molar-refractivity contribution in [1.82, 2.24) is 19.9 Å². The van der Waals surface area contributed by atoms with Crippen molar-refractivity contribution in [2.75, 3.05) is 30.4 Å². The number of aromatic nitrogens is 3. The molecular weight excluding hydrogens is 449 g/mol. The summed E-state index contributed by atoms with van der Waals surface area (Å²) in [6.07, 6.45) is -0.879. The van der Waals surface area contributed by atoms with E-state index in [0.717, 1.165) is 6.07 Å². The lowest BCUT2D eigenvalue weighted by Crippen LogP contribution is -2.40. The summed E-state index contributed by atoms with van der Waals surface area (Å²) in [5.74, 6) is -1.29. The van der Waals surface area contributed by atoms with Crippen LogP contribution in [0, 0.1) is 12.7 Å². The number of nitrogens with one attached hydrogen (secondary N) is 1. The fraction of sp³-hybridized carbons (Fsp3) is 0.348. The summed E-state index contributed by atoms with van der Waals surface area (Å²) in [4.78, 5) is 40.7. The van der Waals surface area contributed by atoms with E-state index in [4.69, 9.17) is 0 Å². The van der Waals surface area contributed by atoms with E-state index >= 15 is 0 Å². The highest BCUT2D eigenvalue weighted by Gasteiger charge is 2.30. The predicted molar refractivity (Wildman–Crippen MR) is 120 cm³/mol. The van der Waals surface area contributed by atoms with Crippen LogP contribution in [0.5, 0.6) is 0 Å². The second kappa shape index (κ2) is 9.24. The van der Waals surface area contributed by atoms with E-state index in [1.807, 2.05) is 0 Å². The van der Waals surface area contributed by atoms with Crippen LogP contribution in [-0.2, 0) is 9.59 Å². The molecule has 3 aromatic rings. The third-order valence-corrected chi connectivity index (χ3v) is 5.72. The van der Waals surface area contributed by atoms with Crippen molar-refractivity contribution in [2.24, 2.45) is 0 Å². The van der Waals surface area contributed by atoms with Crippen LogP contribution in [0.25, 0.3) is 10.9 Å². The lowest BCUT2D eigenvalue weighted by molar-refractivity contribution is -0.142. The smallest absolute Gasteiger partial charge is 0.317 e. The van der Waals surface area contributed by atoms with Gasteiger partial charge >= 0.3 is 11.8 Å². The molecule has 1 aliphatic rings. The molecule has 11 heteroatoms. The molecule has 178 valence electrons. The topological polar surface area (TPSA) is 91.3 Å². The van der Waals surface area contributed by atoms with Crippen LogP contribution < -0.4 is 10.2 Å². The molecule has 1 N–H and O–H groups in total. The van der Waals surface area contributed by atoms with Crippen LogP contribution in [0.3, 0.4) is 0 Å². The van der Waals surface area contributed by atoms with Gasteiger partial charge in [-0.25, -0.2) is 28.1 Å². The molecule has 0 aliphatic carbocycles. The monoisotopic (exact) mass is 472 g/mol. The number of anilines is 2. The standard InChI is InChI=1S/C23H23F3N6O2/c1-12(14-6-4-7-15(19(14)24)20(25)26)28-21-16-10-18(27-11-17(16)29-13(2)30-21)32-9-5-8-31(3)22(33)23(32)34/h4,6-7,10-12,20H,5,8-9H2,1-3H3,(H,28,29,30)/t12-/m1/s1. The summed E-state index contributed by atoms with van der Waals surface area (Å²) in [5, 5.41) is 3.57. The van der Waals surface area contributed by atoms with Crippen LogP contribution in [0.4, 0.5) is 24.8 Å². The quantitative estimate of drug-likeness (QED) is 0.569. The van der Waals surface area contributed by atoms with Gasteiger partial charge in [0.1, 0.15) is 23.3 Å². The Morgan fingerprint density at radius 3 is 2.56 bits per heavy atom. The summed E-state index contributed by atoms with van der Waals surface area (Å²) in [5.41, 5.74) is -0.137. The highest BCUT2D eigenvalue weighted by atomic mass is 19.3. The Hall–Kier alpha value is -3.76. The van der Waals surface area contributed by atoms with Gasteiger partial charge in [-0.3, -0.25) is 14.5 Å². The number of amides is 2. The predicted octanol–water partition coefficient (Wildman–Crippen LogP) is 3.78. The van der Waals surface area contributed by atoms with E-state index in [9.17, 15) is 22.8 Å². The number of halogens is 3. The van der Waals surface area contributed by atoms with Gasteiger partial charge in [0.25, 0.3) is 6.43 Å². The number of likely N-dealkylation sites (N-methyl/N-ethyl adjacent to an activating group) is 1. The maximum atomic E-state index is 14.7. The second-order valence-corrected chi connectivity index (χ2v) is 8.13. The lowest BCUT2D eigenvalue weighted by atomic mass is 10.0. The Kier molecular flexibility index (Phi) is 6.36. The van der Waals surface area contributed by atoms with Crippen LogP contribution in [0.15, 0.2) is 30.5 Å². The molecular formula is C23H23F3N6O2. The third kappa shape index (κ3) is 4.37. The maximum absolute atomic E-state index is 14.7. The molecule has 1 aromatic carbocycles. The van der Waals surface area contributed by atoms with Gasteiger partial charge in [0, 0.05) is 31.1 Å². The Labute approximate surface area is 193 Å². The molecule has 0 bridgehead atoms. The molecule has 2 aromatic heterocycles. The average Bonchev–Trinajstić information content (AvgIpc) is 2.92. The molecule has 0 saturated carbocycles. The van der Waals surface area contributed by atoms with Gasteiger partial charge in [0.15, 0.2) is 0 Å². The fourth-order valence-electron chi connectivity index (χ4n) is 3.92. The van der Waals surface area contributed by atoms with Crippen LogP contribution in [0.2, 0.25) is 0 Å². The zero-order chi connectivity index (χ0) is 24.6. The Morgan fingerprint density at radius 1 is 1.09 bits per heavy atom. The van der Waals surface area contributed by atoms with Gasteiger partial charge < -0.3 is 10.2 Å². The van der Waals surface area contributed by atoms with E-state index in [1.165, 1.54) is 28.1 Å². The average molecular weight is 472 g/mol. The second-order valence-electron chi connectivity index (χ2n) is 8.13. The minimum Gasteiger partial charge on any atom is -0.363 e. The first kappa shape index (κ1) is 23.4. The normalized spacial score (nSPS) is 15.7. The minimum atomic E-state index is -2.93. The number of benzene rings is 1. The molecule has 8 nitrogen and oxygen atoms in total. The molecule has 3 heterocycles. The maximum Gasteiger partial charge on any atom is 0.317 e. The van der Waals surface area contributed by atoms with Gasteiger partial charge in [-0.2, -0.15) is 0 Å². The zero-order valence-corrected chi connectivity index (χ0v) is 18.8. The number of aryl methyl sites for hydroxylation is 1. The zero-order valence-electron chi connectivity index (χ0n) is 18.8. The van der Waals surface area contributed by atoms with Gasteiger partial charge in [-0.1, -0.05) is 18.2 Å². The number of hydrogen-bond acceptors (Lipinski definition) is 6. The minimum absolute atomic E-state index is 0.0628. The van der Waals surface area contributed by atoms with E-state index in [2.05, 4.69) is 20.3 Å². The van der Waals surface area contributed by atoms with E-state index < -0.39 is 35.7 Å². The van der Waals surface area contributed by atoms with E-state index in [-0.39, 0.29) is 11.4 Å². The van der Waals surface area contributed by atoms with Crippen molar-refractivity contribution in [3.8, 4) is 0 Å². The molecule has 0 unspecified atom stereocenters. The first-order valence-corrected chi connectivity index (χ1v) is 10.7. The Morgan fingerprint density at radius 2 is 1.82 bits per heavy atom. The van der Waals surface area contributed by atoms with Crippen molar-refractivity contribution >= 4 is 34.4 Å². The first-order valence-electron chi connectivity index (χ1n) is 10.7. The fourth-order valence-corrected chi connectivity index (χ4v) is 3.92. The van der Waals surface area contributed by atoms with Gasteiger partial charge in [0.05, 0.1) is 23.3 Å². The largest absolute Gasteiger partial charge is 0.363 e. The van der Waals surface area contributed by atoms with Crippen molar-refractivity contribution in [2.45, 2.75) is 32.7 Å². The first-order chi connectivity index (χ1) is 16.2. The summed E-state index contributed by atoms with van der Waals surface area (Å²) in [6.45, 7) is 4.06. The molecule has 1 fully saturated rings. The van der Waals surface area contributed by atoms with Gasteiger partial charge in [-0.15, -0.1) is 0 Å². The summed E-state index contributed by atoms with van der Waals surface area (Å²) < 4.78 is 41.0. The number of rotatable bonds is 5. The van der Waals surface area contributed by atoms with E-state index in [0.29, 0.717) is 42.1 Å². The molecule has 1 aliphatic heterocycles. The Balaban J connectivity index is 1.73. The number of carbonyl (C=O) groups excluding carboxylic acids is 2. The van der Waals surface area contributed by atoms with Crippen LogP contribution in [0.1, 0.15) is 42.8 Å². The van der Waals surface area contributed by atoms with Gasteiger partial charge in [-0.05, 0) is 26.3 Å². The molecule has 1 saturated heterocycles. The molecule has 1 atom stereocenters. The number of carbonyl (C=O) groups is 2. The van der Waals surface area contributed by atoms with Crippen molar-refractivity contribution in [1.29, 1.82) is 0 Å². The summed E-state index contributed by atoms with van der Waals surface area (Å²) >= 11 is 0. The van der Waals surface area contributed by atoms with E-state index in [1.54, 1.807) is 27.0 Å². The highest BCUT2D eigenvalue weighted by molar-refractivity contribution is 6.40. The molecule has 2 amide bonds. The highest BCUT2D eigenvalue weighted by Crippen LogP contribution is 2.31. The molecule has 4 rings (SSSR count). The number of pyridine rings is 1. The molecule has 0 spiro atoms. The number of alkyl halides is 2. The van der Waals surface area contributed by atoms with Crippen LogP contribution >= 0.6 is 0 Å². The molecule has 0 radical (unpaired) electrons. The van der Waals surface area contributed by atoms with Crippen molar-refractivity contribution < 1.29 is 22.8 Å². The lowest BCUT2D eigenvalue weighted by Gasteiger charge is -2.21. The molecule has 34 heavy (non-hydrogen) atoms. The number of hydrogen-bond donors (Lipinski definition) is 1. The number of nitrogens with zero attached hydrogens (tertiary/aromatic N) is 5. The van der Waals surface area contributed by atoms with Gasteiger partial charge in [0.2, 0.25) is 0 Å². The van der Waals surface area contributed by atoms with Crippen LogP contribution in [-0.4, -0.2) is 51.8 Å².